The summed E-state index contributed by atoms with van der Waals surface area (Å²) in [5.74, 6) is 0. The van der Waals surface area contributed by atoms with Crippen LogP contribution in [-0.4, -0.2) is 17.8 Å². The van der Waals surface area contributed by atoms with Crippen LogP contribution >= 0.6 is 0 Å². The zero-order valence-electron chi connectivity index (χ0n) is 9.64. The Morgan fingerprint density at radius 1 is 1.19 bits per heavy atom. The zero-order valence-corrected chi connectivity index (χ0v) is 9.64. The molecule has 16 heavy (non-hydrogen) atoms. The molecule has 1 aromatic rings. The predicted octanol–water partition coefficient (Wildman–Crippen LogP) is 3.07. The lowest BCUT2D eigenvalue weighted by Gasteiger charge is -2.14. The van der Waals surface area contributed by atoms with Crippen LogP contribution < -0.4 is 0 Å². The fourth-order valence-electron chi connectivity index (χ4n) is 2.24. The number of aliphatic hydroxyl groups excluding tert-OH is 1. The summed E-state index contributed by atoms with van der Waals surface area (Å²) in [5.41, 5.74) is 0.984. The molecule has 0 bridgehead atoms. The molecule has 1 atom stereocenters. The molecule has 0 heterocycles. The number of benzene rings is 1. The minimum Gasteiger partial charge on any atom is -0.388 e. The van der Waals surface area contributed by atoms with Crippen LogP contribution in [-0.2, 0) is 4.74 Å². The molecule has 1 aromatic carbocycles. The molecular formula is C14H20O2. The fraction of sp³-hybridized carbons (Fsp3) is 0.571. The van der Waals surface area contributed by atoms with Crippen LogP contribution in [0.2, 0.25) is 0 Å². The molecule has 0 aliphatic heterocycles. The molecule has 1 aliphatic rings. The van der Waals surface area contributed by atoms with Gasteiger partial charge in [0, 0.05) is 13.0 Å². The minimum atomic E-state index is -0.386. The average Bonchev–Trinajstić information content (AvgIpc) is 2.83. The predicted molar refractivity (Wildman–Crippen MR) is 64.2 cm³/mol. The van der Waals surface area contributed by atoms with Crippen molar-refractivity contribution in [1.82, 2.24) is 0 Å². The summed E-state index contributed by atoms with van der Waals surface area (Å²) in [4.78, 5) is 0. The highest BCUT2D eigenvalue weighted by atomic mass is 16.5. The van der Waals surface area contributed by atoms with Crippen molar-refractivity contribution < 1.29 is 9.84 Å². The lowest BCUT2D eigenvalue weighted by molar-refractivity contribution is 0.0318. The van der Waals surface area contributed by atoms with Crippen molar-refractivity contribution in [2.45, 2.75) is 44.3 Å². The number of ether oxygens (including phenoxy) is 1. The lowest BCUT2D eigenvalue weighted by Crippen LogP contribution is -2.11. The first-order valence-corrected chi connectivity index (χ1v) is 6.21. The lowest BCUT2D eigenvalue weighted by atomic mass is 10.1. The molecule has 1 N–H and O–H groups in total. The summed E-state index contributed by atoms with van der Waals surface area (Å²) in [6.07, 6.45) is 5.74. The smallest absolute Gasteiger partial charge is 0.0812 e. The third-order valence-electron chi connectivity index (χ3n) is 3.23. The van der Waals surface area contributed by atoms with Crippen molar-refractivity contribution in [1.29, 1.82) is 0 Å². The zero-order chi connectivity index (χ0) is 11.2. The second-order valence-corrected chi connectivity index (χ2v) is 4.49. The van der Waals surface area contributed by atoms with Crippen molar-refractivity contribution in [3.8, 4) is 0 Å². The monoisotopic (exact) mass is 220 g/mol. The first kappa shape index (κ1) is 11.6. The Morgan fingerprint density at radius 2 is 1.88 bits per heavy atom. The highest BCUT2D eigenvalue weighted by Gasteiger charge is 2.15. The van der Waals surface area contributed by atoms with Crippen LogP contribution in [0.4, 0.5) is 0 Å². The molecule has 2 rings (SSSR count). The van der Waals surface area contributed by atoms with Gasteiger partial charge in [0.15, 0.2) is 0 Å². The van der Waals surface area contributed by atoms with E-state index in [-0.39, 0.29) is 6.10 Å². The van der Waals surface area contributed by atoms with E-state index < -0.39 is 0 Å². The molecule has 2 nitrogen and oxygen atoms in total. The minimum absolute atomic E-state index is 0.386. The molecule has 0 saturated heterocycles. The van der Waals surface area contributed by atoms with E-state index in [2.05, 4.69) is 0 Å². The summed E-state index contributed by atoms with van der Waals surface area (Å²) in [6, 6.07) is 9.79. The van der Waals surface area contributed by atoms with Crippen molar-refractivity contribution >= 4 is 0 Å². The number of hydrogen-bond donors (Lipinski definition) is 1. The molecule has 1 aliphatic carbocycles. The maximum atomic E-state index is 9.91. The third kappa shape index (κ3) is 3.32. The van der Waals surface area contributed by atoms with Gasteiger partial charge in [-0.3, -0.25) is 0 Å². The first-order chi connectivity index (χ1) is 7.86. The quantitative estimate of drug-likeness (QED) is 0.826. The summed E-state index contributed by atoms with van der Waals surface area (Å²) in [5, 5.41) is 9.91. The van der Waals surface area contributed by atoms with Gasteiger partial charge in [0.05, 0.1) is 12.2 Å². The van der Waals surface area contributed by atoms with Crippen LogP contribution in [0, 0.1) is 0 Å². The Kier molecular flexibility index (Phi) is 4.37. The van der Waals surface area contributed by atoms with Crippen LogP contribution in [0.5, 0.6) is 0 Å². The van der Waals surface area contributed by atoms with E-state index in [1.165, 1.54) is 25.7 Å². The maximum Gasteiger partial charge on any atom is 0.0812 e. The largest absolute Gasteiger partial charge is 0.388 e. The third-order valence-corrected chi connectivity index (χ3v) is 3.23. The fourth-order valence-corrected chi connectivity index (χ4v) is 2.24. The standard InChI is InChI=1S/C14H20O2/c15-14(12-6-2-1-3-7-12)10-11-16-13-8-4-5-9-13/h1-3,6-7,13-15H,4-5,8-11H2. The van der Waals surface area contributed by atoms with E-state index in [1.54, 1.807) is 0 Å². The van der Waals surface area contributed by atoms with Gasteiger partial charge in [0.25, 0.3) is 0 Å². The van der Waals surface area contributed by atoms with E-state index in [0.717, 1.165) is 5.56 Å². The number of aliphatic hydroxyl groups is 1. The average molecular weight is 220 g/mol. The number of rotatable bonds is 5. The van der Waals surface area contributed by atoms with Gasteiger partial charge in [-0.05, 0) is 18.4 Å². The molecule has 1 saturated carbocycles. The summed E-state index contributed by atoms with van der Waals surface area (Å²) in [6.45, 7) is 0.667. The van der Waals surface area contributed by atoms with E-state index in [4.69, 9.17) is 4.74 Å². The van der Waals surface area contributed by atoms with E-state index in [1.807, 2.05) is 30.3 Å². The van der Waals surface area contributed by atoms with Crippen molar-refractivity contribution in [2.24, 2.45) is 0 Å². The SMILES string of the molecule is OC(CCOC1CCCC1)c1ccccc1. The second-order valence-electron chi connectivity index (χ2n) is 4.49. The van der Waals surface area contributed by atoms with Crippen LogP contribution in [0.1, 0.15) is 43.8 Å². The van der Waals surface area contributed by atoms with Gasteiger partial charge in [-0.1, -0.05) is 43.2 Å². The first-order valence-electron chi connectivity index (χ1n) is 6.21. The highest BCUT2D eigenvalue weighted by Crippen LogP contribution is 2.22. The Morgan fingerprint density at radius 3 is 2.56 bits per heavy atom. The molecule has 0 aromatic heterocycles. The van der Waals surface area contributed by atoms with Gasteiger partial charge in [-0.25, -0.2) is 0 Å². The molecular weight excluding hydrogens is 200 g/mol. The highest BCUT2D eigenvalue weighted by molar-refractivity contribution is 5.16. The van der Waals surface area contributed by atoms with Crippen molar-refractivity contribution in [3.05, 3.63) is 35.9 Å². The Hall–Kier alpha value is -0.860. The Bertz CT molecular complexity index is 291. The van der Waals surface area contributed by atoms with Gasteiger partial charge in [0.2, 0.25) is 0 Å². The topological polar surface area (TPSA) is 29.5 Å². The van der Waals surface area contributed by atoms with Crippen LogP contribution in [0.15, 0.2) is 30.3 Å². The molecule has 0 spiro atoms. The molecule has 2 heteroatoms. The Balaban J connectivity index is 1.69. The number of hydrogen-bond acceptors (Lipinski definition) is 2. The van der Waals surface area contributed by atoms with Gasteiger partial charge in [0.1, 0.15) is 0 Å². The molecule has 0 radical (unpaired) electrons. The summed E-state index contributed by atoms with van der Waals surface area (Å²) in [7, 11) is 0. The van der Waals surface area contributed by atoms with E-state index in [0.29, 0.717) is 19.1 Å². The van der Waals surface area contributed by atoms with Gasteiger partial charge < -0.3 is 9.84 Å². The van der Waals surface area contributed by atoms with Crippen LogP contribution in [0.3, 0.4) is 0 Å². The Labute approximate surface area is 97.3 Å². The normalized spacial score (nSPS) is 18.8. The van der Waals surface area contributed by atoms with Crippen molar-refractivity contribution in [2.75, 3.05) is 6.61 Å². The van der Waals surface area contributed by atoms with E-state index in [9.17, 15) is 5.11 Å². The van der Waals surface area contributed by atoms with Gasteiger partial charge >= 0.3 is 0 Å². The van der Waals surface area contributed by atoms with Crippen LogP contribution in [0.25, 0.3) is 0 Å². The van der Waals surface area contributed by atoms with Crippen molar-refractivity contribution in [3.63, 3.8) is 0 Å². The molecule has 1 unspecified atom stereocenters. The van der Waals surface area contributed by atoms with E-state index >= 15 is 0 Å². The van der Waals surface area contributed by atoms with Gasteiger partial charge in [-0.2, -0.15) is 0 Å². The molecule has 88 valence electrons. The summed E-state index contributed by atoms with van der Waals surface area (Å²) < 4.78 is 5.74. The maximum absolute atomic E-state index is 9.91. The second kappa shape index (κ2) is 6.02. The summed E-state index contributed by atoms with van der Waals surface area (Å²) >= 11 is 0. The van der Waals surface area contributed by atoms with Gasteiger partial charge in [-0.15, -0.1) is 0 Å². The molecule has 0 amide bonds. The molecule has 1 fully saturated rings.